The van der Waals surface area contributed by atoms with Crippen LogP contribution in [0.4, 0.5) is 0 Å². The molecule has 16 nitrogen and oxygen atoms in total. The van der Waals surface area contributed by atoms with E-state index in [2.05, 4.69) is 24.0 Å². The average Bonchev–Trinajstić information content (AvgIpc) is 4.19. The molecular weight excluding hydrogens is 868 g/mol. The monoisotopic (exact) mass is 911 g/mol. The van der Waals surface area contributed by atoms with Crippen LogP contribution in [0.1, 0.15) is 82.4 Å². The molecule has 1 saturated heterocycles. The Kier molecular flexibility index (Phi) is 23.2. The van der Waals surface area contributed by atoms with Crippen molar-refractivity contribution >= 4 is 52.7 Å². The number of benzene rings is 3. The van der Waals surface area contributed by atoms with Crippen molar-refractivity contribution < 1.29 is 82.8 Å². The standard InChI is InChI=1S/C13H12ClNO3.C12H10ClNO3.C8H7ClO3.C5H7NO.C4H8O2.Li.H2O/c1-15-13(5-6-13)8-18-9-3-4-10(11(14)7-9)12(16)17-2;1-14-12(4-5-12)7-17-8-2-3-9(11(15)16)10(13)6-8;1-12-8(11)6-3-2-5(10)4-7(6)9;1-6-5(4-7)2-3-5;5-4-2-1-3-6-4;;/h3-4,7H,5-6,8H2,2H3;2-3,6H,4-5,7H2,(H,15,16);2-4,10H,1H3;7H,2-4H2;4-5H,1-3H2;;1H2/q;;;;;+1;/p-1. The summed E-state index contributed by atoms with van der Waals surface area (Å²) >= 11 is 17.4. The number of halogens is 3. The van der Waals surface area contributed by atoms with Gasteiger partial charge in [-0.05, 0) is 61.0 Å². The Balaban J connectivity index is 0.000000405. The number of esters is 2. The molecule has 7 rings (SSSR count). The van der Waals surface area contributed by atoms with Crippen molar-refractivity contribution in [3.8, 4) is 17.2 Å². The number of carbonyl (C=O) groups is 3. The van der Waals surface area contributed by atoms with Crippen molar-refractivity contribution in [1.29, 1.82) is 0 Å². The van der Waals surface area contributed by atoms with Crippen LogP contribution in [0.25, 0.3) is 14.5 Å². The maximum atomic E-state index is 11.3. The fourth-order valence-electron chi connectivity index (χ4n) is 4.71. The molecular formula is C42H45Cl3LiN3O13. The van der Waals surface area contributed by atoms with E-state index in [1.807, 2.05) is 0 Å². The Morgan fingerprint density at radius 3 is 1.39 bits per heavy atom. The van der Waals surface area contributed by atoms with Gasteiger partial charge in [0.2, 0.25) is 0 Å². The second kappa shape index (κ2) is 26.0. The van der Waals surface area contributed by atoms with Gasteiger partial charge in [0.25, 0.3) is 16.6 Å². The molecule has 4 aliphatic rings. The van der Waals surface area contributed by atoms with Gasteiger partial charge in [0, 0.05) is 51.6 Å². The molecule has 3 aliphatic carbocycles. The number of ether oxygens (including phenoxy) is 5. The number of carboxylic acid groups (broad SMARTS) is 1. The normalized spacial score (nSPS) is 16.7. The van der Waals surface area contributed by atoms with Crippen molar-refractivity contribution in [2.75, 3.05) is 40.6 Å². The predicted octanol–water partition coefficient (Wildman–Crippen LogP) is 5.03. The molecule has 5 N–H and O–H groups in total. The molecule has 1 atom stereocenters. The van der Waals surface area contributed by atoms with E-state index in [1.165, 1.54) is 44.6 Å². The first-order chi connectivity index (χ1) is 28.5. The number of nitrogens with zero attached hydrogens (tertiary/aromatic N) is 3. The molecule has 0 aromatic heterocycles. The Morgan fingerprint density at radius 1 is 0.726 bits per heavy atom. The second-order valence-electron chi connectivity index (χ2n) is 13.9. The Bertz CT molecular complexity index is 2110. The molecule has 62 heavy (non-hydrogen) atoms. The maximum Gasteiger partial charge on any atom is 1.00 e. The molecule has 3 saturated carbocycles. The summed E-state index contributed by atoms with van der Waals surface area (Å²) in [6.07, 6.45) is 6.65. The number of aliphatic hydroxyl groups excluding tert-OH is 2. The van der Waals surface area contributed by atoms with Crippen LogP contribution in [0.2, 0.25) is 15.1 Å². The number of aromatic carboxylic acids is 1. The minimum Gasteiger partial charge on any atom is -0.870 e. The number of hydrogen-bond donors (Lipinski definition) is 4. The summed E-state index contributed by atoms with van der Waals surface area (Å²) in [4.78, 5) is 43.3. The number of phenolic OH excluding ortho intramolecular Hbond substituents is 1. The molecule has 328 valence electrons. The number of rotatable bonds is 10. The van der Waals surface area contributed by atoms with Gasteiger partial charge in [-0.2, -0.15) is 0 Å². The van der Waals surface area contributed by atoms with Gasteiger partial charge in [-0.3, -0.25) is 0 Å². The van der Waals surface area contributed by atoms with Crippen LogP contribution < -0.4 is 28.3 Å². The van der Waals surface area contributed by atoms with Crippen molar-refractivity contribution in [3.63, 3.8) is 0 Å². The van der Waals surface area contributed by atoms with Crippen LogP contribution in [0, 0.1) is 19.7 Å². The van der Waals surface area contributed by atoms with E-state index in [0.29, 0.717) is 30.3 Å². The summed E-state index contributed by atoms with van der Waals surface area (Å²) in [7, 11) is 2.57. The van der Waals surface area contributed by atoms with E-state index < -0.39 is 24.2 Å². The van der Waals surface area contributed by atoms with Crippen LogP contribution >= 0.6 is 34.8 Å². The number of methoxy groups -OCH3 is 2. The van der Waals surface area contributed by atoms with E-state index in [0.717, 1.165) is 58.0 Å². The number of hydrogen-bond acceptors (Lipinski definition) is 12. The number of aliphatic hydroxyl groups is 2. The summed E-state index contributed by atoms with van der Waals surface area (Å²) in [5.41, 5.74) is -0.425. The average molecular weight is 913 g/mol. The minimum atomic E-state index is -1.07. The van der Waals surface area contributed by atoms with Gasteiger partial charge in [0.05, 0.1) is 46.0 Å². The summed E-state index contributed by atoms with van der Waals surface area (Å²) in [6, 6.07) is 13.3. The number of carbonyl (C=O) groups excluding carboxylic acids is 2. The molecule has 0 amide bonds. The minimum absolute atomic E-state index is 0. The zero-order valence-corrected chi connectivity index (χ0v) is 36.5. The zero-order valence-electron chi connectivity index (χ0n) is 34.2. The number of carboxylic acids is 1. The largest absolute Gasteiger partial charge is 1.00 e. The van der Waals surface area contributed by atoms with Gasteiger partial charge < -0.3 is 64.1 Å². The van der Waals surface area contributed by atoms with E-state index in [-0.39, 0.29) is 79.5 Å². The Morgan fingerprint density at radius 2 is 1.13 bits per heavy atom. The molecule has 1 unspecified atom stereocenters. The molecule has 0 radical (unpaired) electrons. The molecule has 1 aliphatic heterocycles. The molecule has 4 fully saturated rings. The third kappa shape index (κ3) is 17.6. The third-order valence-corrected chi connectivity index (χ3v) is 10.2. The van der Waals surface area contributed by atoms with Crippen LogP contribution in [0.3, 0.4) is 0 Å². The summed E-state index contributed by atoms with van der Waals surface area (Å²) < 4.78 is 24.7. The van der Waals surface area contributed by atoms with Crippen LogP contribution in [0.15, 0.2) is 54.6 Å². The van der Waals surface area contributed by atoms with E-state index in [1.54, 1.807) is 24.3 Å². The van der Waals surface area contributed by atoms with Gasteiger partial charge in [-0.15, -0.1) is 0 Å². The van der Waals surface area contributed by atoms with Crippen LogP contribution in [-0.4, -0.2) is 107 Å². The molecule has 20 heteroatoms. The first-order valence-electron chi connectivity index (χ1n) is 18.3. The molecule has 1 heterocycles. The summed E-state index contributed by atoms with van der Waals surface area (Å²) in [5.74, 6) is -0.988. The Labute approximate surface area is 386 Å². The predicted molar refractivity (Wildman–Crippen MR) is 223 cm³/mol. The molecule has 0 bridgehead atoms. The van der Waals surface area contributed by atoms with Gasteiger partial charge in [0.1, 0.15) is 23.9 Å². The fraction of sp³-hybridized carbons (Fsp3) is 0.429. The SMILES string of the molecule is COC(=O)c1ccc(O)cc1Cl.OC1CCCO1.[C-]#[N+]C1(CO)CC1.[C-]#[N+]C1(COc2ccc(C(=O)O)c(Cl)c2)CC1.[C-]#[N+]C1(COc2ccc(C(=O)OC)c(Cl)c2)CC1.[Li+].[OH-]. The van der Waals surface area contributed by atoms with Crippen LogP contribution in [0.5, 0.6) is 17.2 Å². The van der Waals surface area contributed by atoms with Gasteiger partial charge in [-0.25, -0.2) is 34.1 Å². The first-order valence-corrected chi connectivity index (χ1v) is 19.5. The summed E-state index contributed by atoms with van der Waals surface area (Å²) in [5, 5.41) is 35.3. The van der Waals surface area contributed by atoms with Crippen LogP contribution in [-0.2, 0) is 14.2 Å². The quantitative estimate of drug-likeness (QED) is 0.119. The van der Waals surface area contributed by atoms with E-state index in [4.69, 9.17) is 89.2 Å². The van der Waals surface area contributed by atoms with Gasteiger partial charge in [0.15, 0.2) is 19.5 Å². The smallest absolute Gasteiger partial charge is 0.870 e. The molecule has 3 aromatic carbocycles. The van der Waals surface area contributed by atoms with Crippen molar-refractivity contribution in [3.05, 3.63) is 121 Å². The van der Waals surface area contributed by atoms with Gasteiger partial charge in [-0.1, -0.05) is 34.8 Å². The van der Waals surface area contributed by atoms with Crippen molar-refractivity contribution in [1.82, 2.24) is 0 Å². The maximum absolute atomic E-state index is 11.3. The third-order valence-electron chi connectivity index (χ3n) is 9.28. The van der Waals surface area contributed by atoms with E-state index >= 15 is 0 Å². The van der Waals surface area contributed by atoms with Crippen molar-refractivity contribution in [2.45, 2.75) is 74.3 Å². The second-order valence-corrected chi connectivity index (χ2v) is 15.2. The zero-order chi connectivity index (χ0) is 44.5. The first kappa shape index (κ1) is 55.3. The van der Waals surface area contributed by atoms with Crippen molar-refractivity contribution in [2.24, 2.45) is 0 Å². The molecule has 3 aromatic rings. The topological polar surface area (TPSA) is 221 Å². The Hall–Kier alpha value is -4.75. The van der Waals surface area contributed by atoms with Gasteiger partial charge >= 0.3 is 36.8 Å². The number of aromatic hydroxyl groups is 1. The number of phenols is 1. The summed E-state index contributed by atoms with van der Waals surface area (Å²) in [6.45, 7) is 22.1. The fourth-order valence-corrected chi connectivity index (χ4v) is 5.46. The molecule has 0 spiro atoms. The van der Waals surface area contributed by atoms with E-state index in [9.17, 15) is 14.4 Å².